The summed E-state index contributed by atoms with van der Waals surface area (Å²) in [4.78, 5) is 12.4. The number of halogens is 2. The molecule has 2 nitrogen and oxygen atoms in total. The van der Waals surface area contributed by atoms with Crippen LogP contribution in [-0.4, -0.2) is 12.6 Å². The molecule has 0 aliphatic carbocycles. The minimum atomic E-state index is -0.307. The number of hydrogen-bond donors (Lipinski definition) is 0. The lowest BCUT2D eigenvalue weighted by atomic mass is 10.2. The Morgan fingerprint density at radius 1 is 1.27 bits per heavy atom. The van der Waals surface area contributed by atoms with Gasteiger partial charge in [-0.3, -0.25) is 0 Å². The Hall–Kier alpha value is -0.910. The van der Waals surface area contributed by atoms with Crippen molar-refractivity contribution in [2.45, 2.75) is 20.8 Å². The predicted molar refractivity (Wildman–Crippen MR) is 102 cm³/mol. The minimum absolute atomic E-state index is 0.307. The molecule has 0 bridgehead atoms. The molecule has 5 heteroatoms. The van der Waals surface area contributed by atoms with Gasteiger partial charge in [0, 0.05) is 25.3 Å². The van der Waals surface area contributed by atoms with Crippen LogP contribution < -0.4 is 0 Å². The molecular formula is C17H18Br2O2S. The van der Waals surface area contributed by atoms with Crippen LogP contribution in [0.3, 0.4) is 0 Å². The fraction of sp³-hybridized carbons (Fsp3) is 0.235. The van der Waals surface area contributed by atoms with Crippen molar-refractivity contribution < 1.29 is 9.53 Å². The molecule has 0 aliphatic heterocycles. The average molecular weight is 446 g/mol. The summed E-state index contributed by atoms with van der Waals surface area (Å²) in [5, 5.41) is 2.05. The molecule has 118 valence electrons. The highest BCUT2D eigenvalue weighted by Gasteiger charge is 2.02. The molecule has 0 saturated carbocycles. The third-order valence-electron chi connectivity index (χ3n) is 2.56. The molecule has 0 saturated heterocycles. The largest absolute Gasteiger partial charge is 0.463 e. The van der Waals surface area contributed by atoms with E-state index in [-0.39, 0.29) is 5.97 Å². The Kier molecular flexibility index (Phi) is 8.68. The number of esters is 1. The summed E-state index contributed by atoms with van der Waals surface area (Å²) in [6.45, 7) is 6.08. The summed E-state index contributed by atoms with van der Waals surface area (Å²) < 4.78 is 7.00. The summed E-state index contributed by atoms with van der Waals surface area (Å²) in [5.41, 5.74) is 1.98. The summed E-state index contributed by atoms with van der Waals surface area (Å²) in [6.07, 6.45) is 11.4. The lowest BCUT2D eigenvalue weighted by molar-refractivity contribution is -0.137. The van der Waals surface area contributed by atoms with Gasteiger partial charge in [-0.25, -0.2) is 4.79 Å². The number of carbonyl (C=O) groups is 1. The second kappa shape index (κ2) is 9.98. The Morgan fingerprint density at radius 2 is 2.00 bits per heavy atom. The van der Waals surface area contributed by atoms with E-state index in [4.69, 9.17) is 4.74 Å². The van der Waals surface area contributed by atoms with Gasteiger partial charge in [-0.1, -0.05) is 29.9 Å². The van der Waals surface area contributed by atoms with Crippen molar-refractivity contribution in [1.29, 1.82) is 0 Å². The standard InChI is InChI=1S/C17H18Br2O2S/c1-4-21-16(20)10-13(3)7-5-6-12(2)8-9-15-17(19)14(18)11-22-15/h5-11H,4H2,1-3H3. The molecule has 22 heavy (non-hydrogen) atoms. The number of hydrogen-bond acceptors (Lipinski definition) is 3. The van der Waals surface area contributed by atoms with Gasteiger partial charge in [0.1, 0.15) is 0 Å². The van der Waals surface area contributed by atoms with E-state index in [0.717, 1.165) is 20.1 Å². The average Bonchev–Trinajstić information content (AvgIpc) is 2.76. The van der Waals surface area contributed by atoms with Gasteiger partial charge in [-0.05, 0) is 64.3 Å². The Morgan fingerprint density at radius 3 is 2.59 bits per heavy atom. The van der Waals surface area contributed by atoms with Crippen LogP contribution in [0, 0.1) is 0 Å². The zero-order valence-corrected chi connectivity index (χ0v) is 16.7. The smallest absolute Gasteiger partial charge is 0.330 e. The first-order valence-corrected chi connectivity index (χ1v) is 9.21. The van der Waals surface area contributed by atoms with Gasteiger partial charge in [0.05, 0.1) is 6.61 Å². The zero-order chi connectivity index (χ0) is 16.5. The molecule has 0 atom stereocenters. The van der Waals surface area contributed by atoms with E-state index in [1.165, 1.54) is 11.0 Å². The molecule has 0 radical (unpaired) electrons. The van der Waals surface area contributed by atoms with E-state index in [1.807, 2.05) is 37.5 Å². The Labute approximate surface area is 152 Å². The topological polar surface area (TPSA) is 26.3 Å². The molecule has 0 fully saturated rings. The molecule has 0 aliphatic rings. The fourth-order valence-corrected chi connectivity index (χ4v) is 3.49. The van der Waals surface area contributed by atoms with Crippen LogP contribution in [0.5, 0.6) is 0 Å². The Bertz CT molecular complexity index is 637. The lowest BCUT2D eigenvalue weighted by Crippen LogP contribution is -1.99. The first-order chi connectivity index (χ1) is 10.4. The molecular weight excluding hydrogens is 428 g/mol. The van der Waals surface area contributed by atoms with Crippen LogP contribution in [0.2, 0.25) is 0 Å². The van der Waals surface area contributed by atoms with Crippen LogP contribution in [0.4, 0.5) is 0 Å². The van der Waals surface area contributed by atoms with Crippen molar-refractivity contribution in [3.8, 4) is 0 Å². The maximum atomic E-state index is 11.3. The van der Waals surface area contributed by atoms with E-state index in [9.17, 15) is 4.79 Å². The van der Waals surface area contributed by atoms with E-state index < -0.39 is 0 Å². The third kappa shape index (κ3) is 6.90. The van der Waals surface area contributed by atoms with Crippen molar-refractivity contribution in [2.24, 2.45) is 0 Å². The molecule has 0 amide bonds. The van der Waals surface area contributed by atoms with Crippen molar-refractivity contribution >= 4 is 55.2 Å². The molecule has 1 rings (SSSR count). The maximum Gasteiger partial charge on any atom is 0.330 e. The van der Waals surface area contributed by atoms with Crippen LogP contribution in [0.1, 0.15) is 25.6 Å². The highest BCUT2D eigenvalue weighted by Crippen LogP contribution is 2.33. The monoisotopic (exact) mass is 444 g/mol. The number of thiophene rings is 1. The highest BCUT2D eigenvalue weighted by atomic mass is 79.9. The second-order valence-electron chi connectivity index (χ2n) is 4.51. The second-order valence-corrected chi connectivity index (χ2v) is 7.06. The lowest BCUT2D eigenvalue weighted by Gasteiger charge is -1.96. The summed E-state index contributed by atoms with van der Waals surface area (Å²) >= 11 is 8.68. The molecule has 0 unspecified atom stereocenters. The third-order valence-corrected chi connectivity index (χ3v) is 6.09. The van der Waals surface area contributed by atoms with Gasteiger partial charge in [-0.2, -0.15) is 0 Å². The van der Waals surface area contributed by atoms with Gasteiger partial charge >= 0.3 is 5.97 Å². The van der Waals surface area contributed by atoms with Crippen molar-refractivity contribution in [3.63, 3.8) is 0 Å². The molecule has 1 aromatic rings. The normalized spacial score (nSPS) is 13.3. The van der Waals surface area contributed by atoms with Crippen LogP contribution in [0.25, 0.3) is 6.08 Å². The SMILES string of the molecule is CCOC(=O)C=C(C)C=CC=C(C)C=Cc1scc(Br)c1Br. The van der Waals surface area contributed by atoms with Gasteiger partial charge in [0.15, 0.2) is 0 Å². The fourth-order valence-electron chi connectivity index (χ4n) is 1.48. The van der Waals surface area contributed by atoms with E-state index in [1.54, 1.807) is 18.3 Å². The molecule has 1 aromatic heterocycles. The summed E-state index contributed by atoms with van der Waals surface area (Å²) in [7, 11) is 0. The van der Waals surface area contributed by atoms with Gasteiger partial charge < -0.3 is 4.74 Å². The maximum absolute atomic E-state index is 11.3. The van der Waals surface area contributed by atoms with Crippen LogP contribution in [0.15, 0.2) is 55.9 Å². The molecule has 0 N–H and O–H groups in total. The zero-order valence-electron chi connectivity index (χ0n) is 12.7. The first-order valence-electron chi connectivity index (χ1n) is 6.74. The molecule has 0 spiro atoms. The van der Waals surface area contributed by atoms with Gasteiger partial charge in [0.25, 0.3) is 0 Å². The molecule has 1 heterocycles. The minimum Gasteiger partial charge on any atom is -0.463 e. The van der Waals surface area contributed by atoms with Gasteiger partial charge in [0.2, 0.25) is 0 Å². The molecule has 0 aromatic carbocycles. The summed E-state index contributed by atoms with van der Waals surface area (Å²) in [6, 6.07) is 0. The van der Waals surface area contributed by atoms with Crippen molar-refractivity contribution in [2.75, 3.05) is 6.61 Å². The quantitative estimate of drug-likeness (QED) is 0.291. The van der Waals surface area contributed by atoms with Crippen molar-refractivity contribution in [1.82, 2.24) is 0 Å². The number of carbonyl (C=O) groups excluding carboxylic acids is 1. The Balaban J connectivity index is 2.64. The van der Waals surface area contributed by atoms with Gasteiger partial charge in [-0.15, -0.1) is 11.3 Å². The van der Waals surface area contributed by atoms with E-state index >= 15 is 0 Å². The van der Waals surface area contributed by atoms with E-state index in [2.05, 4.69) is 44.0 Å². The van der Waals surface area contributed by atoms with Crippen LogP contribution >= 0.6 is 43.2 Å². The number of allylic oxidation sites excluding steroid dienone is 6. The van der Waals surface area contributed by atoms with E-state index in [0.29, 0.717) is 6.61 Å². The number of rotatable bonds is 6. The number of ether oxygens (including phenoxy) is 1. The van der Waals surface area contributed by atoms with Crippen LogP contribution in [-0.2, 0) is 9.53 Å². The van der Waals surface area contributed by atoms with Crippen molar-refractivity contribution in [3.05, 3.63) is 60.7 Å². The summed E-state index contributed by atoms with van der Waals surface area (Å²) in [5.74, 6) is -0.307. The predicted octanol–water partition coefficient (Wildman–Crippen LogP) is 6.30. The first kappa shape index (κ1) is 19.1. The highest BCUT2D eigenvalue weighted by molar-refractivity contribution is 9.13.